The van der Waals surface area contributed by atoms with Gasteiger partial charge < -0.3 is 25.2 Å². The zero-order valence-electron chi connectivity index (χ0n) is 21.5. The molecule has 0 aliphatic heterocycles. The fraction of sp³-hybridized carbons (Fsp3) is 0.0645. The molecule has 0 unspecified atom stereocenters. The molecule has 41 heavy (non-hydrogen) atoms. The van der Waals surface area contributed by atoms with Crippen LogP contribution in [0.25, 0.3) is 10.8 Å². The number of hydrogen-bond acceptors (Lipinski definition) is 10. The van der Waals surface area contributed by atoms with Gasteiger partial charge in [-0.25, -0.2) is 0 Å². The fourth-order valence-electron chi connectivity index (χ4n) is 4.21. The van der Waals surface area contributed by atoms with Gasteiger partial charge in [-0.1, -0.05) is 54.6 Å². The van der Waals surface area contributed by atoms with E-state index in [1.54, 1.807) is 6.07 Å². The number of aromatic hydroxyl groups is 3. The molecule has 0 bridgehead atoms. The molecule has 10 nitrogen and oxygen atoms in total. The highest BCUT2D eigenvalue weighted by atomic mass is 16.5. The number of carbonyl (C=O) groups excluding carboxylic acids is 1. The van der Waals surface area contributed by atoms with Crippen LogP contribution in [0, 0.1) is 0 Å². The van der Waals surface area contributed by atoms with Gasteiger partial charge in [-0.3, -0.25) is 4.79 Å². The molecule has 0 spiro atoms. The Hall–Kier alpha value is -5.61. The van der Waals surface area contributed by atoms with Gasteiger partial charge in [0.2, 0.25) is 0 Å². The van der Waals surface area contributed by atoms with Crippen LogP contribution in [-0.4, -0.2) is 26.9 Å². The molecule has 10 heteroatoms. The van der Waals surface area contributed by atoms with E-state index in [2.05, 4.69) is 37.3 Å². The van der Waals surface area contributed by atoms with Crippen molar-refractivity contribution in [3.63, 3.8) is 0 Å². The molecule has 0 aliphatic rings. The number of carbonyl (C=O) groups is 1. The summed E-state index contributed by atoms with van der Waals surface area (Å²) in [5.74, 6) is -0.662. The summed E-state index contributed by atoms with van der Waals surface area (Å²) >= 11 is 0. The van der Waals surface area contributed by atoms with Gasteiger partial charge in [-0.2, -0.15) is 10.2 Å². The lowest BCUT2D eigenvalue weighted by Crippen LogP contribution is -1.88. The zero-order valence-corrected chi connectivity index (χ0v) is 21.5. The maximum Gasteiger partial charge on any atom is 0.298 e. The largest absolute Gasteiger partial charge is 0.506 e. The second-order valence-electron chi connectivity index (χ2n) is 9.05. The van der Waals surface area contributed by atoms with E-state index >= 15 is 0 Å². The lowest BCUT2D eigenvalue weighted by molar-refractivity contribution is -0.120. The molecule has 0 saturated carbocycles. The van der Waals surface area contributed by atoms with E-state index in [-0.39, 0.29) is 52.2 Å². The van der Waals surface area contributed by atoms with Gasteiger partial charge in [0.25, 0.3) is 6.47 Å². The number of phenols is 3. The van der Waals surface area contributed by atoms with Gasteiger partial charge >= 0.3 is 0 Å². The molecule has 5 aromatic carbocycles. The molecule has 0 aliphatic carbocycles. The number of azo groups is 2. The summed E-state index contributed by atoms with van der Waals surface area (Å²) in [6, 6.07) is 26.1. The van der Waals surface area contributed by atoms with Crippen molar-refractivity contribution >= 4 is 40.0 Å². The number of ether oxygens (including phenoxy) is 1. The number of phenolic OH excluding ortho intramolecular Hbond substituents is 3. The Morgan fingerprint density at radius 1 is 0.683 bits per heavy atom. The molecule has 204 valence electrons. The third-order valence-electron chi connectivity index (χ3n) is 6.29. The first-order valence-corrected chi connectivity index (χ1v) is 12.5. The predicted octanol–water partition coefficient (Wildman–Crippen LogP) is 7.41. The summed E-state index contributed by atoms with van der Waals surface area (Å²) in [4.78, 5) is 10.6. The molecular weight excluding hydrogens is 524 g/mol. The number of nitrogens with zero attached hydrogens (tertiary/aromatic N) is 4. The van der Waals surface area contributed by atoms with Crippen molar-refractivity contribution in [2.75, 3.05) is 0 Å². The van der Waals surface area contributed by atoms with Crippen LogP contribution < -0.4 is 4.74 Å². The highest BCUT2D eigenvalue weighted by Gasteiger charge is 2.11. The SMILES string of the molecule is O=COc1cc(N=Nc2cc(O)c(N=Nc3ccc4cc(Cc5ccccc5)ccc4c3O)cc2CO)ccc1O. The second kappa shape index (κ2) is 12.1. The molecule has 0 fully saturated rings. The van der Waals surface area contributed by atoms with Crippen LogP contribution in [0.4, 0.5) is 22.7 Å². The molecule has 5 rings (SSSR count). The quantitative estimate of drug-likeness (QED) is 0.111. The summed E-state index contributed by atoms with van der Waals surface area (Å²) in [6.07, 6.45) is 0.769. The Morgan fingerprint density at radius 2 is 1.46 bits per heavy atom. The lowest BCUT2D eigenvalue weighted by Gasteiger charge is -2.08. The smallest absolute Gasteiger partial charge is 0.298 e. The Morgan fingerprint density at radius 3 is 2.24 bits per heavy atom. The Labute approximate surface area is 234 Å². The fourth-order valence-corrected chi connectivity index (χ4v) is 4.21. The summed E-state index contributed by atoms with van der Waals surface area (Å²) in [5.41, 5.74) is 3.28. The van der Waals surface area contributed by atoms with Crippen LogP contribution in [0.1, 0.15) is 16.7 Å². The minimum absolute atomic E-state index is 0.0448. The molecule has 0 heterocycles. The van der Waals surface area contributed by atoms with Gasteiger partial charge in [0.05, 0.1) is 18.0 Å². The first-order valence-electron chi connectivity index (χ1n) is 12.5. The Bertz CT molecular complexity index is 1790. The van der Waals surface area contributed by atoms with E-state index in [9.17, 15) is 25.2 Å². The van der Waals surface area contributed by atoms with Crippen molar-refractivity contribution in [1.29, 1.82) is 0 Å². The predicted molar refractivity (Wildman–Crippen MR) is 152 cm³/mol. The highest BCUT2D eigenvalue weighted by Crippen LogP contribution is 2.40. The summed E-state index contributed by atoms with van der Waals surface area (Å²) in [5, 5.41) is 58.7. The van der Waals surface area contributed by atoms with Crippen LogP contribution in [0.15, 0.2) is 111 Å². The van der Waals surface area contributed by atoms with Crippen molar-refractivity contribution in [2.45, 2.75) is 13.0 Å². The molecule has 0 saturated heterocycles. The van der Waals surface area contributed by atoms with E-state index in [0.29, 0.717) is 10.9 Å². The number of aliphatic hydroxyl groups excluding tert-OH is 1. The third kappa shape index (κ3) is 6.18. The van der Waals surface area contributed by atoms with E-state index in [4.69, 9.17) is 0 Å². The van der Waals surface area contributed by atoms with Crippen LogP contribution >= 0.6 is 0 Å². The van der Waals surface area contributed by atoms with Crippen molar-refractivity contribution < 1.29 is 30.0 Å². The molecule has 0 atom stereocenters. The summed E-state index contributed by atoms with van der Waals surface area (Å²) in [6.45, 7) is -0.259. The van der Waals surface area contributed by atoms with E-state index in [0.717, 1.165) is 17.4 Å². The van der Waals surface area contributed by atoms with E-state index < -0.39 is 6.61 Å². The standard InChI is InChI=1S/C31H24N4O6/c36-17-22-14-27(29(39)16-26(22)34-32-23-8-11-28(38)30(15-23)41-18-37)35-33-25-10-7-21-13-20(6-9-24(21)31(25)40)12-19-4-2-1-3-5-19/h1-11,13-16,18,36,38-40H,12,17H2. The van der Waals surface area contributed by atoms with Gasteiger partial charge in [0.1, 0.15) is 17.1 Å². The van der Waals surface area contributed by atoms with Crippen molar-refractivity contribution in [3.05, 3.63) is 108 Å². The normalized spacial score (nSPS) is 11.4. The average Bonchev–Trinajstić information content (AvgIpc) is 2.98. The molecule has 4 N–H and O–H groups in total. The van der Waals surface area contributed by atoms with Crippen LogP contribution in [0.2, 0.25) is 0 Å². The van der Waals surface area contributed by atoms with Crippen molar-refractivity contribution in [1.82, 2.24) is 0 Å². The molecular formula is C31H24N4O6. The molecule has 0 aromatic heterocycles. The van der Waals surface area contributed by atoms with Crippen LogP contribution in [-0.2, 0) is 17.8 Å². The minimum Gasteiger partial charge on any atom is -0.506 e. The Kier molecular flexibility index (Phi) is 7.93. The maximum atomic E-state index is 10.8. The summed E-state index contributed by atoms with van der Waals surface area (Å²) < 4.78 is 4.68. The topological polar surface area (TPSA) is 157 Å². The zero-order chi connectivity index (χ0) is 28.8. The van der Waals surface area contributed by atoms with E-state index in [1.165, 1.54) is 35.9 Å². The van der Waals surface area contributed by atoms with Gasteiger partial charge in [0, 0.05) is 23.1 Å². The first kappa shape index (κ1) is 27.0. The van der Waals surface area contributed by atoms with Crippen LogP contribution in [0.5, 0.6) is 23.0 Å². The lowest BCUT2D eigenvalue weighted by atomic mass is 10.0. The van der Waals surface area contributed by atoms with Gasteiger partial charge in [-0.05, 0) is 47.2 Å². The monoisotopic (exact) mass is 548 g/mol. The number of fused-ring (bicyclic) bond motifs is 1. The second-order valence-corrected chi connectivity index (χ2v) is 9.05. The first-order chi connectivity index (χ1) is 19.9. The van der Waals surface area contributed by atoms with Crippen molar-refractivity contribution in [2.24, 2.45) is 20.5 Å². The summed E-state index contributed by atoms with van der Waals surface area (Å²) in [7, 11) is 0. The molecule has 0 radical (unpaired) electrons. The van der Waals surface area contributed by atoms with Crippen molar-refractivity contribution in [3.8, 4) is 23.0 Å². The Balaban J connectivity index is 1.37. The third-order valence-corrected chi connectivity index (χ3v) is 6.29. The minimum atomic E-state index is -0.432. The average molecular weight is 549 g/mol. The molecule has 0 amide bonds. The van der Waals surface area contributed by atoms with E-state index in [1.807, 2.05) is 42.5 Å². The highest BCUT2D eigenvalue weighted by molar-refractivity contribution is 5.92. The maximum absolute atomic E-state index is 10.8. The van der Waals surface area contributed by atoms with Gasteiger partial charge in [0.15, 0.2) is 17.2 Å². The van der Waals surface area contributed by atoms with Crippen LogP contribution in [0.3, 0.4) is 0 Å². The number of benzene rings is 5. The number of aliphatic hydroxyl groups is 1. The number of hydrogen-bond donors (Lipinski definition) is 4. The number of rotatable bonds is 9. The van der Waals surface area contributed by atoms with Gasteiger partial charge in [-0.15, -0.1) is 10.2 Å². The molecule has 5 aromatic rings.